The lowest BCUT2D eigenvalue weighted by Gasteiger charge is -2.22. The smallest absolute Gasteiger partial charge is 0.252 e. The molecule has 0 radical (unpaired) electrons. The van der Waals surface area contributed by atoms with E-state index < -0.39 is 15.6 Å². The zero-order valence-electron chi connectivity index (χ0n) is 22.8. The van der Waals surface area contributed by atoms with Crippen molar-refractivity contribution in [3.8, 4) is 0 Å². The molecule has 0 unspecified atom stereocenters. The van der Waals surface area contributed by atoms with Gasteiger partial charge in [0.15, 0.2) is 0 Å². The number of hydrogen-bond acceptors (Lipinski definition) is 5. The summed E-state index contributed by atoms with van der Waals surface area (Å²) in [6.45, 7) is 6.32. The summed E-state index contributed by atoms with van der Waals surface area (Å²) in [6, 6.07) is 16.2. The molecule has 0 atom stereocenters. The molecule has 1 aromatic heterocycles. The van der Waals surface area contributed by atoms with Crippen LogP contribution in [-0.4, -0.2) is 61.2 Å². The summed E-state index contributed by atoms with van der Waals surface area (Å²) in [5, 5.41) is 3.37. The van der Waals surface area contributed by atoms with Crippen molar-refractivity contribution < 1.29 is 13.2 Å². The zero-order valence-corrected chi connectivity index (χ0v) is 23.6. The van der Waals surface area contributed by atoms with Crippen molar-refractivity contribution in [2.24, 2.45) is 0 Å². The minimum atomic E-state index is -3.69. The number of pyridine rings is 1. The van der Waals surface area contributed by atoms with Crippen LogP contribution in [0.2, 0.25) is 0 Å². The fraction of sp³-hybridized carbons (Fsp3) is 0.467. The molecule has 2 aromatic carbocycles. The van der Waals surface area contributed by atoms with Gasteiger partial charge in [-0.2, -0.15) is 4.31 Å². The third-order valence-electron chi connectivity index (χ3n) is 7.28. The van der Waals surface area contributed by atoms with Gasteiger partial charge in [0.2, 0.25) is 15.6 Å². The number of amides is 1. The van der Waals surface area contributed by atoms with E-state index in [1.165, 1.54) is 28.1 Å². The van der Waals surface area contributed by atoms with Crippen LogP contribution in [0.25, 0.3) is 10.9 Å². The quantitative estimate of drug-likeness (QED) is 0.322. The van der Waals surface area contributed by atoms with E-state index >= 15 is 0 Å². The van der Waals surface area contributed by atoms with E-state index in [1.807, 2.05) is 18.2 Å². The molecule has 1 amide bonds. The topological polar surface area (TPSA) is 103 Å². The number of nitrogens with one attached hydrogen (secondary N) is 2. The highest BCUT2D eigenvalue weighted by Gasteiger charge is 2.26. The van der Waals surface area contributed by atoms with Gasteiger partial charge in [-0.3, -0.25) is 14.5 Å². The summed E-state index contributed by atoms with van der Waals surface area (Å²) < 4.78 is 28.3. The fourth-order valence-electron chi connectivity index (χ4n) is 5.11. The molecule has 1 fully saturated rings. The van der Waals surface area contributed by atoms with Crippen molar-refractivity contribution in [1.82, 2.24) is 19.5 Å². The Morgan fingerprint density at radius 1 is 0.974 bits per heavy atom. The lowest BCUT2D eigenvalue weighted by Crippen LogP contribution is -2.32. The Kier molecular flexibility index (Phi) is 10.3. The van der Waals surface area contributed by atoms with Crippen LogP contribution in [0.3, 0.4) is 0 Å². The van der Waals surface area contributed by atoms with Gasteiger partial charge >= 0.3 is 0 Å². The molecule has 9 heteroatoms. The van der Waals surface area contributed by atoms with Gasteiger partial charge in [-0.25, -0.2) is 8.42 Å². The molecule has 4 rings (SSSR count). The molecule has 2 heterocycles. The van der Waals surface area contributed by atoms with Gasteiger partial charge < -0.3 is 10.3 Å². The van der Waals surface area contributed by atoms with Gasteiger partial charge in [-0.05, 0) is 56.0 Å². The molecule has 0 bridgehead atoms. The first-order valence-electron chi connectivity index (χ1n) is 14.1. The Bertz CT molecular complexity index is 1400. The van der Waals surface area contributed by atoms with E-state index in [-0.39, 0.29) is 16.4 Å². The highest BCUT2D eigenvalue weighted by Crippen LogP contribution is 2.25. The maximum Gasteiger partial charge on any atom is 0.252 e. The average Bonchev–Trinajstić information content (AvgIpc) is 3.24. The summed E-state index contributed by atoms with van der Waals surface area (Å²) in [5.41, 5.74) is 1.49. The molecular formula is C30H40N4O4S. The molecule has 39 heavy (non-hydrogen) atoms. The molecule has 0 aliphatic carbocycles. The van der Waals surface area contributed by atoms with Crippen molar-refractivity contribution in [1.29, 1.82) is 0 Å². The second-order valence-corrected chi connectivity index (χ2v) is 12.2. The van der Waals surface area contributed by atoms with Gasteiger partial charge in [-0.1, -0.05) is 56.5 Å². The molecule has 2 N–H and O–H groups in total. The third-order valence-corrected chi connectivity index (χ3v) is 9.17. The fourth-order valence-corrected chi connectivity index (χ4v) is 6.65. The third kappa shape index (κ3) is 7.77. The molecule has 1 aliphatic heterocycles. The second kappa shape index (κ2) is 13.9. The zero-order chi connectivity index (χ0) is 27.7. The maximum absolute atomic E-state index is 13.4. The monoisotopic (exact) mass is 552 g/mol. The van der Waals surface area contributed by atoms with Crippen LogP contribution in [-0.2, 0) is 16.6 Å². The number of aromatic nitrogens is 1. The predicted octanol–water partition coefficient (Wildman–Crippen LogP) is 4.52. The minimum Gasteiger partial charge on any atom is -0.352 e. The molecule has 8 nitrogen and oxygen atoms in total. The van der Waals surface area contributed by atoms with E-state index in [4.69, 9.17) is 0 Å². The minimum absolute atomic E-state index is 0.144. The van der Waals surface area contributed by atoms with Crippen LogP contribution in [0.4, 0.5) is 0 Å². The van der Waals surface area contributed by atoms with E-state index in [0.29, 0.717) is 30.5 Å². The largest absolute Gasteiger partial charge is 0.352 e. The molecule has 3 aromatic rings. The number of sulfonamides is 1. The number of hydrogen-bond donors (Lipinski definition) is 2. The summed E-state index contributed by atoms with van der Waals surface area (Å²) in [5.74, 6) is -0.376. The van der Waals surface area contributed by atoms with Gasteiger partial charge in [0.25, 0.3) is 5.91 Å². The number of aromatic amines is 1. The molecule has 1 saturated heterocycles. The predicted molar refractivity (Wildman–Crippen MR) is 155 cm³/mol. The number of unbranched alkanes of at least 4 members (excludes halogenated alkanes) is 1. The van der Waals surface area contributed by atoms with Gasteiger partial charge in [0, 0.05) is 49.7 Å². The number of carbonyl (C=O) groups is 1. The van der Waals surface area contributed by atoms with Gasteiger partial charge in [0.05, 0.1) is 10.5 Å². The SMILES string of the molecule is CCCCN(CCCNC(=O)c1cc(=O)[nH]c2ccc(S(=O)(=O)N3CCCCCC3)cc12)Cc1ccccc1. The molecule has 0 spiro atoms. The maximum atomic E-state index is 13.4. The van der Waals surface area contributed by atoms with Crippen LogP contribution in [0, 0.1) is 0 Å². The normalized spacial score (nSPS) is 14.9. The highest BCUT2D eigenvalue weighted by atomic mass is 32.2. The number of H-pyrrole nitrogens is 1. The lowest BCUT2D eigenvalue weighted by atomic mass is 10.1. The summed E-state index contributed by atoms with van der Waals surface area (Å²) in [7, 11) is -3.69. The van der Waals surface area contributed by atoms with E-state index in [0.717, 1.165) is 64.6 Å². The molecule has 0 saturated carbocycles. The van der Waals surface area contributed by atoms with Crippen molar-refractivity contribution in [2.75, 3.05) is 32.7 Å². The average molecular weight is 553 g/mol. The summed E-state index contributed by atoms with van der Waals surface area (Å²) in [6.07, 6.45) is 6.73. The first-order chi connectivity index (χ1) is 18.9. The number of benzene rings is 2. The van der Waals surface area contributed by atoms with Crippen LogP contribution in [0.1, 0.15) is 67.8 Å². The van der Waals surface area contributed by atoms with Crippen LogP contribution >= 0.6 is 0 Å². The first-order valence-corrected chi connectivity index (χ1v) is 15.5. The Morgan fingerprint density at radius 2 is 1.69 bits per heavy atom. The Labute approximate surface area is 231 Å². The van der Waals surface area contributed by atoms with Crippen LogP contribution in [0.5, 0.6) is 0 Å². The summed E-state index contributed by atoms with van der Waals surface area (Å²) in [4.78, 5) is 30.8. The molecular weight excluding hydrogens is 512 g/mol. The van der Waals surface area contributed by atoms with Crippen LogP contribution in [0.15, 0.2) is 64.3 Å². The Balaban J connectivity index is 1.45. The highest BCUT2D eigenvalue weighted by molar-refractivity contribution is 7.89. The first kappa shape index (κ1) is 29.0. The van der Waals surface area contributed by atoms with Gasteiger partial charge in [-0.15, -0.1) is 0 Å². The number of carbonyl (C=O) groups excluding carboxylic acids is 1. The number of fused-ring (bicyclic) bond motifs is 1. The number of rotatable bonds is 12. The second-order valence-electron chi connectivity index (χ2n) is 10.3. The van der Waals surface area contributed by atoms with E-state index in [9.17, 15) is 18.0 Å². The Hall–Kier alpha value is -3.01. The van der Waals surface area contributed by atoms with Crippen molar-refractivity contribution in [3.05, 3.63) is 76.1 Å². The van der Waals surface area contributed by atoms with Gasteiger partial charge in [0.1, 0.15) is 0 Å². The summed E-state index contributed by atoms with van der Waals surface area (Å²) >= 11 is 0. The Morgan fingerprint density at radius 3 is 2.41 bits per heavy atom. The van der Waals surface area contributed by atoms with Crippen molar-refractivity contribution in [2.45, 2.75) is 63.3 Å². The molecule has 1 aliphatic rings. The van der Waals surface area contributed by atoms with Crippen molar-refractivity contribution >= 4 is 26.8 Å². The standard InChI is InChI=1S/C30H40N4O4S/c1-2-3-17-33(23-24-12-7-6-8-13-24)18-11-16-31-30(36)27-22-29(35)32-28-15-14-25(21-26(27)28)39(37,38)34-19-9-4-5-10-20-34/h6-8,12-15,21-22H,2-5,9-11,16-20,23H2,1H3,(H,31,36)(H,32,35). The van der Waals surface area contributed by atoms with E-state index in [2.05, 4.69) is 34.3 Å². The van der Waals surface area contributed by atoms with E-state index in [1.54, 1.807) is 6.07 Å². The van der Waals surface area contributed by atoms with Crippen molar-refractivity contribution in [3.63, 3.8) is 0 Å². The molecule has 210 valence electrons. The lowest BCUT2D eigenvalue weighted by molar-refractivity contribution is 0.0952. The van der Waals surface area contributed by atoms with Crippen LogP contribution < -0.4 is 10.9 Å². The number of nitrogens with zero attached hydrogens (tertiary/aromatic N) is 2.